The average Bonchev–Trinajstić information content (AvgIpc) is 2.75. The van der Waals surface area contributed by atoms with Crippen LogP contribution in [-0.4, -0.2) is 28.8 Å². The molecule has 1 aromatic heterocycles. The minimum Gasteiger partial charge on any atom is -0.493 e. The van der Waals surface area contributed by atoms with E-state index >= 15 is 0 Å². The number of rotatable bonds is 10. The number of carbonyl (C=O) groups is 1. The first-order valence-corrected chi connectivity index (χ1v) is 10.6. The van der Waals surface area contributed by atoms with Crippen molar-refractivity contribution in [3.63, 3.8) is 0 Å². The summed E-state index contributed by atoms with van der Waals surface area (Å²) in [5.74, 6) is 0.732. The molecule has 2 aromatic carbocycles. The third-order valence-corrected chi connectivity index (χ3v) is 5.19. The summed E-state index contributed by atoms with van der Waals surface area (Å²) in [7, 11) is 0. The number of hydrogen-bond acceptors (Lipinski definition) is 4. The zero-order chi connectivity index (χ0) is 22.2. The van der Waals surface area contributed by atoms with Crippen molar-refractivity contribution in [3.05, 3.63) is 77.1 Å². The lowest BCUT2D eigenvalue weighted by Crippen LogP contribution is -2.16. The summed E-state index contributed by atoms with van der Waals surface area (Å²) in [4.78, 5) is 14.9. The van der Waals surface area contributed by atoms with Crippen molar-refractivity contribution in [3.8, 4) is 22.6 Å². The summed E-state index contributed by atoms with van der Waals surface area (Å²) >= 11 is 6.19. The molecule has 3 aromatic rings. The van der Waals surface area contributed by atoms with Crippen LogP contribution in [0.3, 0.4) is 0 Å². The van der Waals surface area contributed by atoms with Crippen LogP contribution >= 0.6 is 11.6 Å². The molecule has 0 saturated heterocycles. The average molecular weight is 440 g/mol. The number of carboxylic acids is 1. The lowest BCUT2D eigenvalue weighted by Gasteiger charge is -2.18. The highest BCUT2D eigenvalue weighted by molar-refractivity contribution is 6.31. The topological polar surface area (TPSA) is 68.7 Å². The molecule has 0 spiro atoms. The molecule has 0 bridgehead atoms. The SMILES string of the molecule is Cc1cc(OCC[C@@H](C)Oc2ccc(Cl)cc2-c2cccnc2)ccc1CCC(=O)O. The fourth-order valence-electron chi connectivity index (χ4n) is 3.25. The summed E-state index contributed by atoms with van der Waals surface area (Å²) in [5, 5.41) is 9.49. The van der Waals surface area contributed by atoms with E-state index in [1.54, 1.807) is 12.4 Å². The van der Waals surface area contributed by atoms with Crippen LogP contribution in [0.5, 0.6) is 11.5 Å². The number of pyridine rings is 1. The summed E-state index contributed by atoms with van der Waals surface area (Å²) in [6.07, 6.45) is 4.81. The summed E-state index contributed by atoms with van der Waals surface area (Å²) in [5.41, 5.74) is 3.91. The Morgan fingerprint density at radius 2 is 2.03 bits per heavy atom. The lowest BCUT2D eigenvalue weighted by atomic mass is 10.0. The molecular formula is C25H26ClNO4. The van der Waals surface area contributed by atoms with Gasteiger partial charge in [0.25, 0.3) is 0 Å². The quantitative estimate of drug-likeness (QED) is 0.421. The number of aliphatic carboxylic acids is 1. The van der Waals surface area contributed by atoms with E-state index in [0.29, 0.717) is 24.5 Å². The van der Waals surface area contributed by atoms with Gasteiger partial charge < -0.3 is 14.6 Å². The first-order valence-electron chi connectivity index (χ1n) is 10.2. The molecular weight excluding hydrogens is 414 g/mol. The maximum absolute atomic E-state index is 10.8. The highest BCUT2D eigenvalue weighted by atomic mass is 35.5. The molecule has 1 atom stereocenters. The van der Waals surface area contributed by atoms with Crippen molar-refractivity contribution >= 4 is 17.6 Å². The fraction of sp³-hybridized carbons (Fsp3) is 0.280. The Bertz CT molecular complexity index is 1020. The third-order valence-electron chi connectivity index (χ3n) is 4.96. The first kappa shape index (κ1) is 22.6. The molecule has 0 fully saturated rings. The molecule has 5 nitrogen and oxygen atoms in total. The third kappa shape index (κ3) is 6.72. The minimum atomic E-state index is -0.791. The molecule has 162 valence electrons. The van der Waals surface area contributed by atoms with E-state index < -0.39 is 5.97 Å². The highest BCUT2D eigenvalue weighted by Crippen LogP contribution is 2.33. The van der Waals surface area contributed by atoms with Gasteiger partial charge in [0.1, 0.15) is 11.5 Å². The molecule has 0 aliphatic rings. The molecule has 1 N–H and O–H groups in total. The van der Waals surface area contributed by atoms with Crippen molar-refractivity contribution in [2.24, 2.45) is 0 Å². The standard InChI is InChI=1S/C25H26ClNO4/c1-17-14-22(8-5-19(17)6-10-25(28)29)30-13-11-18(2)31-24-9-7-21(26)15-23(24)20-4-3-12-27-16-20/h3-5,7-9,12,14-16,18H,6,10-11,13H2,1-2H3,(H,28,29)/t18-/m1/s1. The van der Waals surface area contributed by atoms with Gasteiger partial charge in [0, 0.05) is 41.4 Å². The molecule has 1 heterocycles. The molecule has 0 aliphatic carbocycles. The van der Waals surface area contributed by atoms with E-state index in [0.717, 1.165) is 33.8 Å². The number of carboxylic acid groups (broad SMARTS) is 1. The van der Waals surface area contributed by atoms with E-state index in [1.807, 2.05) is 62.4 Å². The van der Waals surface area contributed by atoms with Gasteiger partial charge in [-0.1, -0.05) is 23.7 Å². The van der Waals surface area contributed by atoms with Gasteiger partial charge in [-0.25, -0.2) is 0 Å². The van der Waals surface area contributed by atoms with E-state index in [4.69, 9.17) is 26.2 Å². The van der Waals surface area contributed by atoms with Gasteiger partial charge in [0.05, 0.1) is 12.7 Å². The molecule has 0 unspecified atom stereocenters. The van der Waals surface area contributed by atoms with Crippen LogP contribution in [0.2, 0.25) is 5.02 Å². The van der Waals surface area contributed by atoms with E-state index in [2.05, 4.69) is 4.98 Å². The number of halogens is 1. The van der Waals surface area contributed by atoms with Crippen LogP contribution in [0.25, 0.3) is 11.1 Å². The second kappa shape index (κ2) is 10.8. The number of aromatic nitrogens is 1. The van der Waals surface area contributed by atoms with Gasteiger partial charge in [-0.15, -0.1) is 0 Å². The predicted molar refractivity (Wildman–Crippen MR) is 122 cm³/mol. The monoisotopic (exact) mass is 439 g/mol. The van der Waals surface area contributed by atoms with E-state index in [1.165, 1.54) is 0 Å². The summed E-state index contributed by atoms with van der Waals surface area (Å²) in [6, 6.07) is 15.2. The van der Waals surface area contributed by atoms with Gasteiger partial charge in [-0.3, -0.25) is 9.78 Å². The highest BCUT2D eigenvalue weighted by Gasteiger charge is 2.12. The maximum Gasteiger partial charge on any atom is 0.303 e. The second-order valence-electron chi connectivity index (χ2n) is 7.43. The Kier molecular flexibility index (Phi) is 7.90. The van der Waals surface area contributed by atoms with Crippen molar-refractivity contribution in [2.45, 2.75) is 39.2 Å². The molecule has 6 heteroatoms. The van der Waals surface area contributed by atoms with Gasteiger partial charge in [-0.05, 0) is 67.8 Å². The lowest BCUT2D eigenvalue weighted by molar-refractivity contribution is -0.136. The predicted octanol–water partition coefficient (Wildman–Crippen LogP) is 5.96. The fourth-order valence-corrected chi connectivity index (χ4v) is 3.42. The zero-order valence-electron chi connectivity index (χ0n) is 17.7. The maximum atomic E-state index is 10.8. The van der Waals surface area contributed by atoms with Crippen LogP contribution in [0, 0.1) is 6.92 Å². The van der Waals surface area contributed by atoms with Crippen LogP contribution in [0.1, 0.15) is 30.9 Å². The molecule has 0 aliphatic heterocycles. The van der Waals surface area contributed by atoms with Crippen LogP contribution in [-0.2, 0) is 11.2 Å². The van der Waals surface area contributed by atoms with Gasteiger partial charge in [0.15, 0.2) is 0 Å². The Morgan fingerprint density at radius 3 is 2.74 bits per heavy atom. The number of hydrogen-bond donors (Lipinski definition) is 1. The first-order chi connectivity index (χ1) is 14.9. The van der Waals surface area contributed by atoms with Crippen molar-refractivity contribution in [1.29, 1.82) is 0 Å². The van der Waals surface area contributed by atoms with E-state index in [9.17, 15) is 4.79 Å². The molecule has 3 rings (SSSR count). The van der Waals surface area contributed by atoms with Crippen molar-refractivity contribution in [2.75, 3.05) is 6.61 Å². The van der Waals surface area contributed by atoms with Crippen LogP contribution < -0.4 is 9.47 Å². The molecule has 0 amide bonds. The Labute approximate surface area is 187 Å². The molecule has 31 heavy (non-hydrogen) atoms. The zero-order valence-corrected chi connectivity index (χ0v) is 18.4. The smallest absolute Gasteiger partial charge is 0.303 e. The van der Waals surface area contributed by atoms with Crippen LogP contribution in [0.15, 0.2) is 60.9 Å². The van der Waals surface area contributed by atoms with E-state index in [-0.39, 0.29) is 12.5 Å². The van der Waals surface area contributed by atoms with Crippen LogP contribution in [0.4, 0.5) is 0 Å². The Morgan fingerprint density at radius 1 is 1.19 bits per heavy atom. The molecule has 0 saturated carbocycles. The molecule has 0 radical (unpaired) electrons. The normalized spacial score (nSPS) is 11.7. The van der Waals surface area contributed by atoms with Gasteiger partial charge >= 0.3 is 5.97 Å². The number of ether oxygens (including phenoxy) is 2. The van der Waals surface area contributed by atoms with Gasteiger partial charge in [0.2, 0.25) is 0 Å². The second-order valence-corrected chi connectivity index (χ2v) is 7.87. The largest absolute Gasteiger partial charge is 0.493 e. The summed E-state index contributed by atoms with van der Waals surface area (Å²) in [6.45, 7) is 4.48. The Hall–Kier alpha value is -3.05. The number of aryl methyl sites for hydroxylation is 2. The van der Waals surface area contributed by atoms with Gasteiger partial charge in [-0.2, -0.15) is 0 Å². The minimum absolute atomic E-state index is 0.0625. The Balaban J connectivity index is 1.56. The van der Waals surface area contributed by atoms with Crippen molar-refractivity contribution in [1.82, 2.24) is 4.98 Å². The summed E-state index contributed by atoms with van der Waals surface area (Å²) < 4.78 is 12.1. The van der Waals surface area contributed by atoms with Crippen molar-refractivity contribution < 1.29 is 19.4 Å². The number of benzene rings is 2. The number of nitrogens with zero attached hydrogens (tertiary/aromatic N) is 1.